The van der Waals surface area contributed by atoms with Gasteiger partial charge in [0.2, 0.25) is 0 Å². The van der Waals surface area contributed by atoms with E-state index in [1.807, 2.05) is 6.92 Å². The molecule has 0 aliphatic carbocycles. The normalized spacial score (nSPS) is 12.4. The summed E-state index contributed by atoms with van der Waals surface area (Å²) in [7, 11) is 0. The van der Waals surface area contributed by atoms with Crippen LogP contribution in [0.1, 0.15) is 33.1 Å². The molecular weight excluding hydrogens is 236 g/mol. The van der Waals surface area contributed by atoms with Crippen LogP contribution in [0.25, 0.3) is 0 Å². The van der Waals surface area contributed by atoms with Crippen molar-refractivity contribution in [1.82, 2.24) is 0 Å². The minimum Gasteiger partial charge on any atom is -0.417 e. The van der Waals surface area contributed by atoms with Crippen molar-refractivity contribution in [2.75, 3.05) is 0 Å². The zero-order valence-electron chi connectivity index (χ0n) is 10.8. The van der Waals surface area contributed by atoms with Gasteiger partial charge in [-0.05, 0) is 6.42 Å². The molecule has 0 aliphatic rings. The molecule has 0 aromatic carbocycles. The molecule has 0 spiro atoms. The number of ether oxygens (including phenoxy) is 2. The van der Waals surface area contributed by atoms with E-state index in [0.29, 0.717) is 12.8 Å². The lowest BCUT2D eigenvalue weighted by Gasteiger charge is -2.32. The number of hydrogen-bond donors (Lipinski definition) is 1. The van der Waals surface area contributed by atoms with Crippen molar-refractivity contribution in [3.8, 4) is 0 Å². The number of unbranched alkanes of at least 4 members (excludes halogenated alkanes) is 1. The highest BCUT2D eigenvalue weighted by atomic mass is 16.7. The van der Waals surface area contributed by atoms with Gasteiger partial charge in [0.1, 0.15) is 6.10 Å². The van der Waals surface area contributed by atoms with Crippen molar-refractivity contribution in [2.45, 2.75) is 45.0 Å². The zero-order valence-corrected chi connectivity index (χ0v) is 10.8. The maximum absolute atomic E-state index is 11.2. The number of carbonyl (C=O) groups excluding carboxylic acids is 2. The Morgan fingerprint density at radius 2 is 1.72 bits per heavy atom. The topological polar surface area (TPSA) is 72.8 Å². The van der Waals surface area contributed by atoms with Gasteiger partial charge in [-0.3, -0.25) is 0 Å². The highest BCUT2D eigenvalue weighted by Crippen LogP contribution is 2.23. The van der Waals surface area contributed by atoms with E-state index >= 15 is 0 Å². The summed E-state index contributed by atoms with van der Waals surface area (Å²) in [5, 5.41) is 9.97. The van der Waals surface area contributed by atoms with E-state index in [0.717, 1.165) is 18.6 Å². The molecule has 1 N–H and O–H groups in total. The first kappa shape index (κ1) is 16.4. The van der Waals surface area contributed by atoms with Gasteiger partial charge in [-0.1, -0.05) is 32.9 Å². The minimum absolute atomic E-state index is 0.349. The van der Waals surface area contributed by atoms with Crippen LogP contribution in [0, 0.1) is 0 Å². The molecule has 0 amide bonds. The fraction of sp³-hybridized carbons (Fsp3) is 0.538. The molecule has 5 nitrogen and oxygen atoms in total. The lowest BCUT2D eigenvalue weighted by molar-refractivity contribution is -0.248. The number of esters is 2. The summed E-state index contributed by atoms with van der Waals surface area (Å²) in [6, 6.07) is 0. The second-order valence-electron chi connectivity index (χ2n) is 3.92. The van der Waals surface area contributed by atoms with Crippen LogP contribution >= 0.6 is 0 Å². The molecule has 0 aromatic rings. The first-order valence-electron chi connectivity index (χ1n) is 5.78. The van der Waals surface area contributed by atoms with Crippen molar-refractivity contribution in [3.05, 3.63) is 25.3 Å². The van der Waals surface area contributed by atoms with Crippen LogP contribution in [-0.2, 0) is 19.1 Å². The molecule has 0 saturated heterocycles. The Labute approximate surface area is 107 Å². The van der Waals surface area contributed by atoms with E-state index in [1.54, 1.807) is 0 Å². The molecule has 0 bridgehead atoms. The highest BCUT2D eigenvalue weighted by molar-refractivity contribution is 5.83. The molecule has 18 heavy (non-hydrogen) atoms. The number of aliphatic hydroxyl groups excluding tert-OH is 1. The summed E-state index contributed by atoms with van der Waals surface area (Å²) in [5.74, 6) is -3.28. The summed E-state index contributed by atoms with van der Waals surface area (Å²) in [6.07, 6.45) is 2.69. The smallest absolute Gasteiger partial charge is 0.333 e. The zero-order chi connectivity index (χ0) is 14.2. The largest absolute Gasteiger partial charge is 0.417 e. The fourth-order valence-electron chi connectivity index (χ4n) is 1.30. The Balaban J connectivity index is 4.87. The van der Waals surface area contributed by atoms with Crippen LogP contribution in [0.15, 0.2) is 25.3 Å². The Bertz CT molecular complexity index is 299. The molecule has 0 rings (SSSR count). The maximum atomic E-state index is 11.2. The van der Waals surface area contributed by atoms with Crippen molar-refractivity contribution in [3.63, 3.8) is 0 Å². The summed E-state index contributed by atoms with van der Waals surface area (Å²) in [6.45, 7) is 9.78. The van der Waals surface area contributed by atoms with E-state index in [2.05, 4.69) is 13.2 Å². The van der Waals surface area contributed by atoms with Gasteiger partial charge in [0.05, 0.1) is 0 Å². The quantitative estimate of drug-likeness (QED) is 0.406. The van der Waals surface area contributed by atoms with Gasteiger partial charge in [0.15, 0.2) is 0 Å². The molecule has 102 valence electrons. The average molecular weight is 256 g/mol. The molecule has 0 heterocycles. The van der Waals surface area contributed by atoms with Crippen molar-refractivity contribution >= 4 is 11.9 Å². The van der Waals surface area contributed by atoms with Crippen LogP contribution < -0.4 is 0 Å². The molecule has 1 unspecified atom stereocenters. The third kappa shape index (κ3) is 5.14. The Morgan fingerprint density at radius 3 is 2.06 bits per heavy atom. The molecule has 0 radical (unpaired) electrons. The van der Waals surface area contributed by atoms with E-state index in [9.17, 15) is 14.7 Å². The average Bonchev–Trinajstić information content (AvgIpc) is 2.35. The molecule has 1 atom stereocenters. The molecule has 0 saturated carbocycles. The molecule has 0 aromatic heterocycles. The van der Waals surface area contributed by atoms with Crippen LogP contribution in [0.3, 0.4) is 0 Å². The van der Waals surface area contributed by atoms with Gasteiger partial charge >= 0.3 is 11.9 Å². The summed E-state index contributed by atoms with van der Waals surface area (Å²) >= 11 is 0. The van der Waals surface area contributed by atoms with E-state index < -0.39 is 23.8 Å². The minimum atomic E-state index is -1.73. The van der Waals surface area contributed by atoms with Crippen molar-refractivity contribution < 1.29 is 24.2 Å². The predicted molar refractivity (Wildman–Crippen MR) is 66.5 cm³/mol. The van der Waals surface area contributed by atoms with Crippen LogP contribution in [0.2, 0.25) is 0 Å². The van der Waals surface area contributed by atoms with Gasteiger partial charge in [0, 0.05) is 19.1 Å². The lowest BCUT2D eigenvalue weighted by Crippen LogP contribution is -2.47. The molecular formula is C13H20O5. The molecule has 0 fully saturated rings. The van der Waals surface area contributed by atoms with Crippen molar-refractivity contribution in [2.24, 2.45) is 0 Å². The summed E-state index contributed by atoms with van der Waals surface area (Å²) in [5.41, 5.74) is 0. The summed E-state index contributed by atoms with van der Waals surface area (Å²) < 4.78 is 9.84. The predicted octanol–water partition coefficient (Wildman–Crippen LogP) is 1.71. The van der Waals surface area contributed by atoms with Gasteiger partial charge in [-0.15, -0.1) is 0 Å². The summed E-state index contributed by atoms with van der Waals surface area (Å²) in [4.78, 5) is 22.4. The van der Waals surface area contributed by atoms with Gasteiger partial charge in [-0.2, -0.15) is 0 Å². The lowest BCUT2D eigenvalue weighted by atomic mass is 10.1. The first-order valence-corrected chi connectivity index (χ1v) is 5.78. The van der Waals surface area contributed by atoms with Gasteiger partial charge in [0.25, 0.3) is 5.79 Å². The second kappa shape index (κ2) is 7.66. The van der Waals surface area contributed by atoms with E-state index in [4.69, 9.17) is 9.47 Å². The second-order valence-corrected chi connectivity index (χ2v) is 3.92. The van der Waals surface area contributed by atoms with Crippen LogP contribution in [-0.4, -0.2) is 28.9 Å². The van der Waals surface area contributed by atoms with Gasteiger partial charge in [-0.25, -0.2) is 9.59 Å². The Kier molecular flexibility index (Phi) is 6.97. The van der Waals surface area contributed by atoms with Crippen LogP contribution in [0.4, 0.5) is 0 Å². The van der Waals surface area contributed by atoms with Crippen LogP contribution in [0.5, 0.6) is 0 Å². The molecule has 0 aliphatic heterocycles. The highest BCUT2D eigenvalue weighted by Gasteiger charge is 2.40. The molecule has 5 heteroatoms. The van der Waals surface area contributed by atoms with Gasteiger partial charge < -0.3 is 14.6 Å². The van der Waals surface area contributed by atoms with E-state index in [1.165, 1.54) is 6.92 Å². The standard InChI is InChI=1S/C13H20O5/c1-5-8-9-10(14)13(4,17-11(15)6-2)18-12(16)7-3/h6-7,10,14H,2-3,5,8-9H2,1,4H3. The number of hydrogen-bond acceptors (Lipinski definition) is 5. The fourth-order valence-corrected chi connectivity index (χ4v) is 1.30. The third-order valence-corrected chi connectivity index (χ3v) is 2.38. The number of aliphatic hydroxyl groups is 1. The Hall–Kier alpha value is -1.62. The SMILES string of the molecule is C=CC(=O)OC(C)(OC(=O)C=C)C(O)CCCC. The maximum Gasteiger partial charge on any atom is 0.333 e. The number of rotatable bonds is 8. The number of carbonyl (C=O) groups is 2. The van der Waals surface area contributed by atoms with Crippen molar-refractivity contribution in [1.29, 1.82) is 0 Å². The Morgan fingerprint density at radius 1 is 1.28 bits per heavy atom. The van der Waals surface area contributed by atoms with E-state index in [-0.39, 0.29) is 0 Å². The monoisotopic (exact) mass is 256 g/mol. The first-order chi connectivity index (χ1) is 8.39. The third-order valence-electron chi connectivity index (χ3n) is 2.38.